The van der Waals surface area contributed by atoms with Crippen molar-refractivity contribution < 1.29 is 0 Å². The summed E-state index contributed by atoms with van der Waals surface area (Å²) in [5, 5.41) is 3.35. The molecule has 0 radical (unpaired) electrons. The Morgan fingerprint density at radius 3 is 3.00 bits per heavy atom. The van der Waals surface area contributed by atoms with Gasteiger partial charge in [0, 0.05) is 6.54 Å². The van der Waals surface area contributed by atoms with Crippen LogP contribution < -0.4 is 5.32 Å². The number of nitrogens with one attached hydrogen (secondary N) is 1. The number of rotatable bonds is 2. The van der Waals surface area contributed by atoms with Gasteiger partial charge in [-0.05, 0) is 38.1 Å². The van der Waals surface area contributed by atoms with E-state index in [4.69, 9.17) is 0 Å². The topological polar surface area (TPSA) is 12.0 Å². The highest BCUT2D eigenvalue weighted by Crippen LogP contribution is 2.33. The van der Waals surface area contributed by atoms with Crippen LogP contribution in [0.25, 0.3) is 0 Å². The molecule has 1 aliphatic heterocycles. The van der Waals surface area contributed by atoms with E-state index in [1.165, 1.54) is 32.2 Å². The smallest absolute Gasteiger partial charge is 0.0165 e. The van der Waals surface area contributed by atoms with Crippen LogP contribution in [0, 0.1) is 5.92 Å². The van der Waals surface area contributed by atoms with E-state index in [-0.39, 0.29) is 0 Å². The summed E-state index contributed by atoms with van der Waals surface area (Å²) < 4.78 is 0. The Kier molecular flexibility index (Phi) is 1.76. The molecule has 0 aromatic rings. The van der Waals surface area contributed by atoms with Gasteiger partial charge in [-0.1, -0.05) is 11.6 Å². The van der Waals surface area contributed by atoms with Gasteiger partial charge in [0.1, 0.15) is 0 Å². The summed E-state index contributed by atoms with van der Waals surface area (Å²) in [5.74, 6) is 1.06. The van der Waals surface area contributed by atoms with Crippen LogP contribution in [0.5, 0.6) is 0 Å². The van der Waals surface area contributed by atoms with E-state index in [1.807, 2.05) is 0 Å². The first-order valence-electron chi connectivity index (χ1n) is 4.34. The highest BCUT2D eigenvalue weighted by atomic mass is 14.9. The Hall–Kier alpha value is -0.300. The molecule has 10 heavy (non-hydrogen) atoms. The Labute approximate surface area is 62.5 Å². The lowest BCUT2D eigenvalue weighted by molar-refractivity contribution is 0.850. The minimum Gasteiger partial charge on any atom is -0.313 e. The summed E-state index contributed by atoms with van der Waals surface area (Å²) >= 11 is 0. The molecule has 0 aromatic heterocycles. The molecule has 0 aromatic carbocycles. The van der Waals surface area contributed by atoms with Crippen molar-refractivity contribution in [3.8, 4) is 0 Å². The third-order valence-electron chi connectivity index (χ3n) is 2.41. The van der Waals surface area contributed by atoms with Gasteiger partial charge in [0.15, 0.2) is 0 Å². The summed E-state index contributed by atoms with van der Waals surface area (Å²) in [6.07, 6.45) is 8.08. The van der Waals surface area contributed by atoms with E-state index < -0.39 is 0 Å². The molecule has 1 heteroatoms. The maximum Gasteiger partial charge on any atom is 0.0165 e. The van der Waals surface area contributed by atoms with Crippen LogP contribution in [0.3, 0.4) is 0 Å². The molecule has 0 unspecified atom stereocenters. The second-order valence-electron chi connectivity index (χ2n) is 3.47. The summed E-state index contributed by atoms with van der Waals surface area (Å²) in [5.41, 5.74) is 1.65. The second kappa shape index (κ2) is 2.75. The summed E-state index contributed by atoms with van der Waals surface area (Å²) in [4.78, 5) is 0. The fourth-order valence-corrected chi connectivity index (χ4v) is 1.45. The van der Waals surface area contributed by atoms with Gasteiger partial charge in [0.25, 0.3) is 0 Å². The predicted molar refractivity (Wildman–Crippen MR) is 42.9 cm³/mol. The van der Waals surface area contributed by atoms with Crippen LogP contribution in [0.4, 0.5) is 0 Å². The van der Waals surface area contributed by atoms with Gasteiger partial charge in [-0.2, -0.15) is 0 Å². The molecule has 0 spiro atoms. The Morgan fingerprint density at radius 2 is 2.40 bits per heavy atom. The average molecular weight is 137 g/mol. The molecule has 56 valence electrons. The molecule has 2 aliphatic rings. The lowest BCUT2D eigenvalue weighted by atomic mass is 10.1. The largest absolute Gasteiger partial charge is 0.313 e. The predicted octanol–water partition coefficient (Wildman–Crippen LogP) is 1.71. The van der Waals surface area contributed by atoms with Crippen molar-refractivity contribution in [2.24, 2.45) is 5.92 Å². The fourth-order valence-electron chi connectivity index (χ4n) is 1.45. The van der Waals surface area contributed by atoms with Gasteiger partial charge in [-0.25, -0.2) is 0 Å². The van der Waals surface area contributed by atoms with Crippen molar-refractivity contribution in [3.05, 3.63) is 11.6 Å². The summed E-state index contributed by atoms with van der Waals surface area (Å²) in [6.45, 7) is 2.36. The fraction of sp³-hybridized carbons (Fsp3) is 0.778. The third-order valence-corrected chi connectivity index (χ3v) is 2.41. The Bertz CT molecular complexity index is 137. The monoisotopic (exact) mass is 137 g/mol. The van der Waals surface area contributed by atoms with Gasteiger partial charge >= 0.3 is 0 Å². The van der Waals surface area contributed by atoms with E-state index in [0.29, 0.717) is 0 Å². The molecule has 1 saturated carbocycles. The Morgan fingerprint density at radius 1 is 1.50 bits per heavy atom. The van der Waals surface area contributed by atoms with Crippen LogP contribution in [0.15, 0.2) is 11.6 Å². The van der Waals surface area contributed by atoms with E-state index in [2.05, 4.69) is 11.4 Å². The van der Waals surface area contributed by atoms with E-state index in [0.717, 1.165) is 12.5 Å². The Balaban J connectivity index is 1.77. The van der Waals surface area contributed by atoms with E-state index in [9.17, 15) is 0 Å². The van der Waals surface area contributed by atoms with Gasteiger partial charge in [0.05, 0.1) is 0 Å². The van der Waals surface area contributed by atoms with Crippen molar-refractivity contribution in [1.82, 2.24) is 5.32 Å². The molecule has 1 N–H and O–H groups in total. The van der Waals surface area contributed by atoms with Gasteiger partial charge < -0.3 is 5.32 Å². The highest BCUT2D eigenvalue weighted by Gasteiger charge is 2.19. The first-order valence-corrected chi connectivity index (χ1v) is 4.34. The van der Waals surface area contributed by atoms with Crippen LogP contribution in [0.1, 0.15) is 25.7 Å². The molecule has 1 heterocycles. The molecule has 1 aliphatic carbocycles. The van der Waals surface area contributed by atoms with Crippen molar-refractivity contribution in [1.29, 1.82) is 0 Å². The minimum atomic E-state index is 1.06. The molecule has 1 nitrogen and oxygen atoms in total. The van der Waals surface area contributed by atoms with Gasteiger partial charge in [0.2, 0.25) is 0 Å². The molecule has 0 amide bonds. The molecular formula is C9H15N. The number of hydrogen-bond donors (Lipinski definition) is 1. The van der Waals surface area contributed by atoms with Crippen molar-refractivity contribution in [2.75, 3.05) is 13.1 Å². The third kappa shape index (κ3) is 1.60. The summed E-state index contributed by atoms with van der Waals surface area (Å²) in [7, 11) is 0. The van der Waals surface area contributed by atoms with Gasteiger partial charge in [-0.15, -0.1) is 0 Å². The highest BCUT2D eigenvalue weighted by molar-refractivity contribution is 5.09. The molecule has 2 rings (SSSR count). The van der Waals surface area contributed by atoms with Gasteiger partial charge in [-0.3, -0.25) is 0 Å². The van der Waals surface area contributed by atoms with Crippen LogP contribution in [-0.4, -0.2) is 13.1 Å². The zero-order valence-electron chi connectivity index (χ0n) is 6.40. The SMILES string of the molecule is C(CC1CC1)=C1CCNC1. The molecule has 0 atom stereocenters. The minimum absolute atomic E-state index is 1.06. The van der Waals surface area contributed by atoms with E-state index >= 15 is 0 Å². The zero-order chi connectivity index (χ0) is 6.81. The van der Waals surface area contributed by atoms with Crippen LogP contribution in [-0.2, 0) is 0 Å². The zero-order valence-corrected chi connectivity index (χ0v) is 6.40. The number of allylic oxidation sites excluding steroid dienone is 1. The van der Waals surface area contributed by atoms with Crippen molar-refractivity contribution in [3.63, 3.8) is 0 Å². The maximum atomic E-state index is 3.35. The van der Waals surface area contributed by atoms with Crippen molar-refractivity contribution >= 4 is 0 Å². The summed E-state index contributed by atoms with van der Waals surface area (Å²) in [6, 6.07) is 0. The normalized spacial score (nSPS) is 29.8. The van der Waals surface area contributed by atoms with E-state index in [1.54, 1.807) is 5.57 Å². The standard InChI is InChI=1S/C9H15N/c1-2-8(1)3-4-9-5-6-10-7-9/h4,8,10H,1-3,5-7H2. The first kappa shape index (κ1) is 6.41. The lowest BCUT2D eigenvalue weighted by Gasteiger charge is -1.92. The van der Waals surface area contributed by atoms with Crippen molar-refractivity contribution in [2.45, 2.75) is 25.7 Å². The van der Waals surface area contributed by atoms with Crippen LogP contribution in [0.2, 0.25) is 0 Å². The molecule has 2 fully saturated rings. The average Bonchev–Trinajstić information content (AvgIpc) is 2.63. The first-order chi connectivity index (χ1) is 4.95. The molecular weight excluding hydrogens is 122 g/mol. The molecule has 0 bridgehead atoms. The quantitative estimate of drug-likeness (QED) is 0.571. The number of hydrogen-bond acceptors (Lipinski definition) is 1. The maximum absolute atomic E-state index is 3.35. The lowest BCUT2D eigenvalue weighted by Crippen LogP contribution is -2.04. The van der Waals surface area contributed by atoms with Crippen LogP contribution >= 0.6 is 0 Å². The second-order valence-corrected chi connectivity index (χ2v) is 3.47. The molecule has 1 saturated heterocycles.